The number of amides is 1. The summed E-state index contributed by atoms with van der Waals surface area (Å²) in [5.74, 6) is -0.511. The minimum atomic E-state index is -0.375. The van der Waals surface area contributed by atoms with Gasteiger partial charge in [-0.25, -0.2) is 4.39 Å². The lowest BCUT2D eigenvalue weighted by Crippen LogP contribution is -2.31. The summed E-state index contributed by atoms with van der Waals surface area (Å²) in [4.78, 5) is 14.3. The summed E-state index contributed by atoms with van der Waals surface area (Å²) in [6.07, 6.45) is 0. The molecule has 0 aliphatic carbocycles. The number of halogens is 2. The van der Waals surface area contributed by atoms with E-state index in [1.54, 1.807) is 4.90 Å². The summed E-state index contributed by atoms with van der Waals surface area (Å²) >= 11 is 3.11. The number of aryl methyl sites for hydroxylation is 1. The third-order valence-corrected chi connectivity index (χ3v) is 3.74. The SMILES string of the molecule is CCN(C(=O)c1ccc(F)c(Br)c1)c1ccccc1C. The monoisotopic (exact) mass is 335 g/mol. The average Bonchev–Trinajstić information content (AvgIpc) is 2.44. The summed E-state index contributed by atoms with van der Waals surface area (Å²) in [6, 6.07) is 12.0. The Morgan fingerprint density at radius 1 is 1.25 bits per heavy atom. The van der Waals surface area contributed by atoms with Crippen LogP contribution in [0.4, 0.5) is 10.1 Å². The summed E-state index contributed by atoms with van der Waals surface area (Å²) in [5, 5.41) is 0. The lowest BCUT2D eigenvalue weighted by molar-refractivity contribution is 0.0988. The van der Waals surface area contributed by atoms with Gasteiger partial charge in [0, 0.05) is 17.8 Å². The molecule has 104 valence electrons. The summed E-state index contributed by atoms with van der Waals surface area (Å²) < 4.78 is 13.6. The Balaban J connectivity index is 2.39. The van der Waals surface area contributed by atoms with Gasteiger partial charge in [-0.2, -0.15) is 0 Å². The highest BCUT2D eigenvalue weighted by molar-refractivity contribution is 9.10. The van der Waals surface area contributed by atoms with Crippen molar-refractivity contribution in [3.8, 4) is 0 Å². The molecule has 2 nitrogen and oxygen atoms in total. The van der Waals surface area contributed by atoms with E-state index in [1.165, 1.54) is 18.2 Å². The molecule has 0 aliphatic rings. The molecule has 0 saturated heterocycles. The Morgan fingerprint density at radius 3 is 2.55 bits per heavy atom. The van der Waals surface area contributed by atoms with Crippen molar-refractivity contribution in [1.29, 1.82) is 0 Å². The zero-order valence-corrected chi connectivity index (χ0v) is 12.9. The quantitative estimate of drug-likeness (QED) is 0.804. The van der Waals surface area contributed by atoms with Crippen molar-refractivity contribution in [3.63, 3.8) is 0 Å². The van der Waals surface area contributed by atoms with Gasteiger partial charge >= 0.3 is 0 Å². The molecule has 2 rings (SSSR count). The summed E-state index contributed by atoms with van der Waals surface area (Å²) in [5.41, 5.74) is 2.37. The Hall–Kier alpha value is -1.68. The van der Waals surface area contributed by atoms with Crippen molar-refractivity contribution >= 4 is 27.5 Å². The maximum Gasteiger partial charge on any atom is 0.258 e. The van der Waals surface area contributed by atoms with Crippen LogP contribution in [0.5, 0.6) is 0 Å². The second-order valence-corrected chi connectivity index (χ2v) is 5.32. The smallest absolute Gasteiger partial charge is 0.258 e. The molecular weight excluding hydrogens is 321 g/mol. The molecule has 0 radical (unpaired) electrons. The second-order valence-electron chi connectivity index (χ2n) is 4.46. The minimum absolute atomic E-state index is 0.137. The molecule has 0 N–H and O–H groups in total. The first-order valence-corrected chi connectivity index (χ1v) is 7.16. The highest BCUT2D eigenvalue weighted by Crippen LogP contribution is 2.23. The first-order valence-electron chi connectivity index (χ1n) is 6.37. The van der Waals surface area contributed by atoms with Gasteiger partial charge in [-0.1, -0.05) is 18.2 Å². The molecule has 0 saturated carbocycles. The van der Waals surface area contributed by atoms with Crippen molar-refractivity contribution < 1.29 is 9.18 Å². The first kappa shape index (κ1) is 14.7. The van der Waals surface area contributed by atoms with Crippen LogP contribution in [0.3, 0.4) is 0 Å². The van der Waals surface area contributed by atoms with E-state index in [-0.39, 0.29) is 11.7 Å². The van der Waals surface area contributed by atoms with E-state index in [1.807, 2.05) is 38.1 Å². The van der Waals surface area contributed by atoms with Gasteiger partial charge in [0.2, 0.25) is 0 Å². The molecule has 4 heteroatoms. The van der Waals surface area contributed by atoms with E-state index in [2.05, 4.69) is 15.9 Å². The highest BCUT2D eigenvalue weighted by atomic mass is 79.9. The van der Waals surface area contributed by atoms with Crippen molar-refractivity contribution in [1.82, 2.24) is 0 Å². The molecule has 0 atom stereocenters. The number of para-hydroxylation sites is 1. The van der Waals surface area contributed by atoms with E-state index < -0.39 is 0 Å². The molecule has 20 heavy (non-hydrogen) atoms. The van der Waals surface area contributed by atoms with Crippen molar-refractivity contribution in [2.24, 2.45) is 0 Å². The lowest BCUT2D eigenvalue weighted by atomic mass is 10.1. The fourth-order valence-electron chi connectivity index (χ4n) is 2.07. The molecule has 0 heterocycles. The minimum Gasteiger partial charge on any atom is -0.308 e. The molecule has 2 aromatic rings. The number of carbonyl (C=O) groups is 1. The van der Waals surface area contributed by atoms with E-state index in [0.29, 0.717) is 16.6 Å². The zero-order valence-electron chi connectivity index (χ0n) is 11.4. The third kappa shape index (κ3) is 2.90. The van der Waals surface area contributed by atoms with Crippen LogP contribution < -0.4 is 4.90 Å². The molecule has 1 amide bonds. The molecule has 0 unspecified atom stereocenters. The van der Waals surface area contributed by atoms with Gasteiger partial charge in [0.1, 0.15) is 5.82 Å². The molecule has 0 aliphatic heterocycles. The Morgan fingerprint density at radius 2 is 1.95 bits per heavy atom. The van der Waals surface area contributed by atoms with Crippen LogP contribution in [-0.4, -0.2) is 12.5 Å². The van der Waals surface area contributed by atoms with Crippen LogP contribution in [0.1, 0.15) is 22.8 Å². The lowest BCUT2D eigenvalue weighted by Gasteiger charge is -2.23. The molecule has 2 aromatic carbocycles. The van der Waals surface area contributed by atoms with Crippen LogP contribution in [0, 0.1) is 12.7 Å². The van der Waals surface area contributed by atoms with Crippen LogP contribution in [-0.2, 0) is 0 Å². The maximum atomic E-state index is 13.3. The number of nitrogens with zero attached hydrogens (tertiary/aromatic N) is 1. The number of rotatable bonds is 3. The van der Waals surface area contributed by atoms with Gasteiger partial charge in [0.25, 0.3) is 5.91 Å². The van der Waals surface area contributed by atoms with E-state index in [4.69, 9.17) is 0 Å². The molecule has 0 aromatic heterocycles. The first-order chi connectivity index (χ1) is 9.54. The normalized spacial score (nSPS) is 10.4. The number of carbonyl (C=O) groups excluding carboxylic acids is 1. The highest BCUT2D eigenvalue weighted by Gasteiger charge is 2.18. The zero-order chi connectivity index (χ0) is 14.7. The van der Waals surface area contributed by atoms with Crippen molar-refractivity contribution in [2.75, 3.05) is 11.4 Å². The van der Waals surface area contributed by atoms with Gasteiger partial charge in [0.05, 0.1) is 4.47 Å². The Bertz CT molecular complexity index is 642. The van der Waals surface area contributed by atoms with Gasteiger partial charge in [-0.05, 0) is 59.6 Å². The molecular formula is C16H15BrFNO. The Labute approximate surface area is 126 Å². The predicted octanol–water partition coefficient (Wildman–Crippen LogP) is 4.56. The predicted molar refractivity (Wildman–Crippen MR) is 82.6 cm³/mol. The standard InChI is InChI=1S/C16H15BrFNO/c1-3-19(15-7-5-4-6-11(15)2)16(20)12-8-9-14(18)13(17)10-12/h4-10H,3H2,1-2H3. The largest absolute Gasteiger partial charge is 0.308 e. The van der Waals surface area contributed by atoms with Crippen LogP contribution in [0.25, 0.3) is 0 Å². The third-order valence-electron chi connectivity index (χ3n) is 3.13. The van der Waals surface area contributed by atoms with E-state index in [0.717, 1.165) is 11.3 Å². The van der Waals surface area contributed by atoms with Crippen LogP contribution in [0.2, 0.25) is 0 Å². The second kappa shape index (κ2) is 6.18. The summed E-state index contributed by atoms with van der Waals surface area (Å²) in [7, 11) is 0. The van der Waals surface area contributed by atoms with Crippen LogP contribution >= 0.6 is 15.9 Å². The topological polar surface area (TPSA) is 20.3 Å². The average molecular weight is 336 g/mol. The summed E-state index contributed by atoms with van der Waals surface area (Å²) in [6.45, 7) is 4.44. The van der Waals surface area contributed by atoms with Crippen molar-refractivity contribution in [2.45, 2.75) is 13.8 Å². The van der Waals surface area contributed by atoms with Gasteiger partial charge in [-0.3, -0.25) is 4.79 Å². The Kier molecular flexibility index (Phi) is 4.55. The van der Waals surface area contributed by atoms with E-state index >= 15 is 0 Å². The molecule has 0 bridgehead atoms. The molecule has 0 fully saturated rings. The number of hydrogen-bond acceptors (Lipinski definition) is 1. The van der Waals surface area contributed by atoms with Crippen LogP contribution in [0.15, 0.2) is 46.9 Å². The number of hydrogen-bond donors (Lipinski definition) is 0. The van der Waals surface area contributed by atoms with E-state index in [9.17, 15) is 9.18 Å². The van der Waals surface area contributed by atoms with Crippen molar-refractivity contribution in [3.05, 3.63) is 63.9 Å². The van der Waals surface area contributed by atoms with Gasteiger partial charge in [0.15, 0.2) is 0 Å². The number of anilines is 1. The fourth-order valence-corrected chi connectivity index (χ4v) is 2.45. The molecule has 0 spiro atoms. The van der Waals surface area contributed by atoms with Gasteiger partial charge in [-0.15, -0.1) is 0 Å². The van der Waals surface area contributed by atoms with Gasteiger partial charge < -0.3 is 4.90 Å². The maximum absolute atomic E-state index is 13.3. The number of benzene rings is 2. The fraction of sp³-hybridized carbons (Fsp3) is 0.188.